The fraction of sp³-hybridized carbons (Fsp3) is 0. The molecule has 0 saturated heterocycles. The average molecular weight is 170 g/mol. The fourth-order valence-electron chi connectivity index (χ4n) is 1.34. The first kappa shape index (κ1) is 7.87. The van der Waals surface area contributed by atoms with Gasteiger partial charge in [0.2, 0.25) is 0 Å². The molecule has 0 aromatic heterocycles. The number of aliphatic hydroxyl groups excluding tert-OH is 1. The minimum absolute atomic E-state index is 0.316. The van der Waals surface area contributed by atoms with Crippen molar-refractivity contribution in [3.63, 3.8) is 0 Å². The molecule has 0 heterocycles. The van der Waals surface area contributed by atoms with Gasteiger partial charge >= 0.3 is 0 Å². The molecule has 0 aliphatic heterocycles. The van der Waals surface area contributed by atoms with E-state index in [-0.39, 0.29) is 0 Å². The second-order valence-corrected chi connectivity index (χ2v) is 2.88. The molecule has 0 spiro atoms. The maximum Gasteiger partial charge on any atom is 0.123 e. The quantitative estimate of drug-likeness (QED) is 0.634. The van der Waals surface area contributed by atoms with Gasteiger partial charge in [-0.05, 0) is 11.6 Å². The van der Waals surface area contributed by atoms with Crippen molar-refractivity contribution in [2.75, 3.05) is 0 Å². The maximum absolute atomic E-state index is 9.64. The Labute approximate surface area is 77.3 Å². The van der Waals surface area contributed by atoms with Crippen LogP contribution >= 0.6 is 0 Å². The van der Waals surface area contributed by atoms with Crippen LogP contribution in [-0.4, -0.2) is 5.11 Å². The van der Waals surface area contributed by atoms with Crippen molar-refractivity contribution in [2.24, 2.45) is 0 Å². The first-order valence-corrected chi connectivity index (χ1v) is 4.21. The average Bonchev–Trinajstić information content (AvgIpc) is 2.14. The summed E-state index contributed by atoms with van der Waals surface area (Å²) in [5.74, 6) is 0.316. The molecule has 1 heteroatoms. The number of benzene rings is 1. The van der Waals surface area contributed by atoms with Gasteiger partial charge < -0.3 is 5.11 Å². The van der Waals surface area contributed by atoms with Crippen LogP contribution in [0.2, 0.25) is 0 Å². The SMILES string of the molecule is OC1=C/C=C\C=C/c2ccccc21. The Morgan fingerprint density at radius 2 is 1.77 bits per heavy atom. The first-order chi connectivity index (χ1) is 6.38. The Hall–Kier alpha value is -1.76. The largest absolute Gasteiger partial charge is 0.507 e. The lowest BCUT2D eigenvalue weighted by Gasteiger charge is -2.05. The molecule has 1 aromatic carbocycles. The molecule has 1 aliphatic carbocycles. The smallest absolute Gasteiger partial charge is 0.123 e. The molecule has 64 valence electrons. The van der Waals surface area contributed by atoms with E-state index in [9.17, 15) is 5.11 Å². The molecular formula is C12H10O. The molecule has 0 amide bonds. The van der Waals surface area contributed by atoms with E-state index in [4.69, 9.17) is 0 Å². The predicted molar refractivity (Wildman–Crippen MR) is 55.2 cm³/mol. The van der Waals surface area contributed by atoms with Crippen molar-refractivity contribution in [2.45, 2.75) is 0 Å². The number of hydrogen-bond donors (Lipinski definition) is 1. The molecule has 0 saturated carbocycles. The number of aliphatic hydroxyl groups is 1. The lowest BCUT2D eigenvalue weighted by atomic mass is 10.0. The van der Waals surface area contributed by atoms with E-state index >= 15 is 0 Å². The molecule has 1 aliphatic rings. The van der Waals surface area contributed by atoms with Crippen molar-refractivity contribution in [1.29, 1.82) is 0 Å². The van der Waals surface area contributed by atoms with E-state index < -0.39 is 0 Å². The van der Waals surface area contributed by atoms with E-state index in [2.05, 4.69) is 0 Å². The van der Waals surface area contributed by atoms with Crippen molar-refractivity contribution in [3.8, 4) is 0 Å². The summed E-state index contributed by atoms with van der Waals surface area (Å²) < 4.78 is 0. The maximum atomic E-state index is 9.64. The van der Waals surface area contributed by atoms with Crippen LogP contribution in [-0.2, 0) is 0 Å². The Bertz CT molecular complexity index is 397. The van der Waals surface area contributed by atoms with Crippen molar-refractivity contribution >= 4 is 11.8 Å². The summed E-state index contributed by atoms with van der Waals surface area (Å²) >= 11 is 0. The van der Waals surface area contributed by atoms with E-state index in [0.717, 1.165) is 11.1 Å². The summed E-state index contributed by atoms with van der Waals surface area (Å²) in [6.45, 7) is 0. The number of allylic oxidation sites excluding steroid dienone is 4. The zero-order valence-corrected chi connectivity index (χ0v) is 7.14. The second kappa shape index (κ2) is 3.31. The van der Waals surface area contributed by atoms with Crippen LogP contribution in [0.1, 0.15) is 11.1 Å². The van der Waals surface area contributed by atoms with Crippen LogP contribution in [0.25, 0.3) is 11.8 Å². The summed E-state index contributed by atoms with van der Waals surface area (Å²) in [6, 6.07) is 7.77. The van der Waals surface area contributed by atoms with Crippen LogP contribution < -0.4 is 0 Å². The second-order valence-electron chi connectivity index (χ2n) is 2.88. The van der Waals surface area contributed by atoms with Gasteiger partial charge in [0, 0.05) is 5.56 Å². The van der Waals surface area contributed by atoms with Gasteiger partial charge in [-0.3, -0.25) is 0 Å². The van der Waals surface area contributed by atoms with Gasteiger partial charge in [0.25, 0.3) is 0 Å². The van der Waals surface area contributed by atoms with E-state index in [1.807, 2.05) is 48.6 Å². The number of hydrogen-bond acceptors (Lipinski definition) is 1. The number of fused-ring (bicyclic) bond motifs is 1. The lowest BCUT2D eigenvalue weighted by Crippen LogP contribution is -1.87. The minimum atomic E-state index is 0.316. The summed E-state index contributed by atoms with van der Waals surface area (Å²) in [5, 5.41) is 9.64. The molecular weight excluding hydrogens is 160 g/mol. The fourth-order valence-corrected chi connectivity index (χ4v) is 1.34. The van der Waals surface area contributed by atoms with Crippen LogP contribution in [0.5, 0.6) is 0 Å². The van der Waals surface area contributed by atoms with Gasteiger partial charge in [-0.2, -0.15) is 0 Å². The summed E-state index contributed by atoms with van der Waals surface area (Å²) in [4.78, 5) is 0. The predicted octanol–water partition coefficient (Wildman–Crippen LogP) is 3.17. The first-order valence-electron chi connectivity index (χ1n) is 4.21. The van der Waals surface area contributed by atoms with Crippen molar-refractivity contribution in [3.05, 3.63) is 59.7 Å². The molecule has 0 unspecified atom stereocenters. The zero-order valence-electron chi connectivity index (χ0n) is 7.14. The Morgan fingerprint density at radius 1 is 0.923 bits per heavy atom. The highest BCUT2D eigenvalue weighted by molar-refractivity contribution is 5.72. The van der Waals surface area contributed by atoms with Gasteiger partial charge in [0.05, 0.1) is 0 Å². The Morgan fingerprint density at radius 3 is 2.69 bits per heavy atom. The van der Waals surface area contributed by atoms with Gasteiger partial charge in [-0.1, -0.05) is 48.6 Å². The standard InChI is InChI=1S/C12H10O/c13-12-9-3-1-2-6-10-7-4-5-8-11(10)12/h1-9,13H/b2-1?,3-1-,6-2-,9-3?,10-6?,12-9?,12-11?. The lowest BCUT2D eigenvalue weighted by molar-refractivity contribution is 0.511. The zero-order chi connectivity index (χ0) is 9.10. The Balaban J connectivity index is 2.61. The topological polar surface area (TPSA) is 20.2 Å². The Kier molecular flexibility index (Phi) is 2.01. The highest BCUT2D eigenvalue weighted by Crippen LogP contribution is 2.19. The minimum Gasteiger partial charge on any atom is -0.507 e. The molecule has 0 fully saturated rings. The highest BCUT2D eigenvalue weighted by atomic mass is 16.3. The summed E-state index contributed by atoms with van der Waals surface area (Å²) in [7, 11) is 0. The van der Waals surface area contributed by atoms with Crippen molar-refractivity contribution < 1.29 is 5.11 Å². The number of rotatable bonds is 0. The monoisotopic (exact) mass is 170 g/mol. The van der Waals surface area contributed by atoms with Gasteiger partial charge in [0.1, 0.15) is 5.76 Å². The third kappa shape index (κ3) is 1.54. The van der Waals surface area contributed by atoms with Gasteiger partial charge in [-0.15, -0.1) is 0 Å². The summed E-state index contributed by atoms with van der Waals surface area (Å²) in [6.07, 6.45) is 9.35. The molecule has 2 rings (SSSR count). The normalized spacial score (nSPS) is 19.2. The molecule has 1 N–H and O–H groups in total. The van der Waals surface area contributed by atoms with Crippen LogP contribution in [0.4, 0.5) is 0 Å². The molecule has 1 nitrogen and oxygen atoms in total. The van der Waals surface area contributed by atoms with E-state index in [0.29, 0.717) is 5.76 Å². The van der Waals surface area contributed by atoms with Crippen LogP contribution in [0.3, 0.4) is 0 Å². The summed E-state index contributed by atoms with van der Waals surface area (Å²) in [5.41, 5.74) is 1.92. The van der Waals surface area contributed by atoms with Crippen LogP contribution in [0.15, 0.2) is 48.6 Å². The van der Waals surface area contributed by atoms with Gasteiger partial charge in [0.15, 0.2) is 0 Å². The van der Waals surface area contributed by atoms with Crippen molar-refractivity contribution in [1.82, 2.24) is 0 Å². The third-order valence-electron chi connectivity index (χ3n) is 1.99. The van der Waals surface area contributed by atoms with E-state index in [1.54, 1.807) is 6.08 Å². The van der Waals surface area contributed by atoms with Crippen LogP contribution in [0, 0.1) is 0 Å². The molecule has 0 atom stereocenters. The highest BCUT2D eigenvalue weighted by Gasteiger charge is 2.02. The van der Waals surface area contributed by atoms with Gasteiger partial charge in [-0.25, -0.2) is 0 Å². The molecule has 0 radical (unpaired) electrons. The third-order valence-corrected chi connectivity index (χ3v) is 1.99. The molecule has 13 heavy (non-hydrogen) atoms. The molecule has 0 bridgehead atoms. The van der Waals surface area contributed by atoms with E-state index in [1.165, 1.54) is 0 Å². The molecule has 1 aromatic rings.